The number of rotatable bonds is 7. The first kappa shape index (κ1) is 18.4. The molecule has 4 nitrogen and oxygen atoms in total. The summed E-state index contributed by atoms with van der Waals surface area (Å²) in [6, 6.07) is 27.1. The van der Waals surface area contributed by atoms with Crippen LogP contribution in [0.4, 0.5) is 0 Å². The Bertz CT molecular complexity index is 861. The molecule has 3 rings (SSSR count). The van der Waals surface area contributed by atoms with Gasteiger partial charge in [0.15, 0.2) is 0 Å². The lowest BCUT2D eigenvalue weighted by atomic mass is 10.1. The van der Waals surface area contributed by atoms with Crippen molar-refractivity contribution >= 4 is 11.9 Å². The summed E-state index contributed by atoms with van der Waals surface area (Å²) in [6.45, 7) is 0.148. The molecule has 3 aromatic rings. The molecule has 0 radical (unpaired) electrons. The summed E-state index contributed by atoms with van der Waals surface area (Å²) in [6.07, 6.45) is -0.122. The minimum Gasteiger partial charge on any atom is -0.462 e. The molecule has 0 saturated heterocycles. The Hall–Kier alpha value is -3.40. The van der Waals surface area contributed by atoms with E-state index in [1.54, 1.807) is 48.5 Å². The third-order valence-electron chi connectivity index (χ3n) is 4.05. The Morgan fingerprint density at radius 3 is 1.70 bits per heavy atom. The summed E-state index contributed by atoms with van der Waals surface area (Å²) >= 11 is 0. The van der Waals surface area contributed by atoms with E-state index < -0.39 is 18.0 Å². The summed E-state index contributed by atoms with van der Waals surface area (Å²) < 4.78 is 11.0. The number of hydrogen-bond donors (Lipinski definition) is 0. The molecule has 0 unspecified atom stereocenters. The van der Waals surface area contributed by atoms with E-state index in [0.29, 0.717) is 17.5 Å². The second-order valence-electron chi connectivity index (χ2n) is 5.96. The van der Waals surface area contributed by atoms with Crippen molar-refractivity contribution in [2.45, 2.75) is 12.5 Å². The molecule has 1 atom stereocenters. The van der Waals surface area contributed by atoms with Crippen LogP contribution in [0.1, 0.15) is 38.8 Å². The Labute approximate surface area is 158 Å². The van der Waals surface area contributed by atoms with E-state index in [0.717, 1.165) is 5.56 Å². The Kier molecular flexibility index (Phi) is 6.36. The van der Waals surface area contributed by atoms with Crippen molar-refractivity contribution < 1.29 is 19.1 Å². The molecule has 0 amide bonds. The predicted molar refractivity (Wildman–Crippen MR) is 102 cm³/mol. The summed E-state index contributed by atoms with van der Waals surface area (Å²) in [5, 5.41) is 0. The molecule has 0 bridgehead atoms. The van der Waals surface area contributed by atoms with Crippen LogP contribution in [-0.4, -0.2) is 18.5 Å². The van der Waals surface area contributed by atoms with E-state index in [9.17, 15) is 9.59 Å². The summed E-state index contributed by atoms with van der Waals surface area (Å²) in [7, 11) is 0. The highest BCUT2D eigenvalue weighted by Gasteiger charge is 2.19. The van der Waals surface area contributed by atoms with Crippen LogP contribution in [0.15, 0.2) is 91.0 Å². The van der Waals surface area contributed by atoms with Gasteiger partial charge >= 0.3 is 11.9 Å². The van der Waals surface area contributed by atoms with Gasteiger partial charge in [-0.3, -0.25) is 0 Å². The van der Waals surface area contributed by atoms with Crippen molar-refractivity contribution in [3.63, 3.8) is 0 Å². The minimum absolute atomic E-state index is 0.148. The zero-order valence-corrected chi connectivity index (χ0v) is 14.8. The van der Waals surface area contributed by atoms with Crippen molar-refractivity contribution in [3.05, 3.63) is 108 Å². The Balaban J connectivity index is 1.64. The lowest BCUT2D eigenvalue weighted by Gasteiger charge is -2.18. The van der Waals surface area contributed by atoms with Gasteiger partial charge < -0.3 is 9.47 Å². The average molecular weight is 360 g/mol. The molecule has 0 aliphatic rings. The molecular weight excluding hydrogens is 340 g/mol. The molecule has 0 aliphatic carbocycles. The van der Waals surface area contributed by atoms with Gasteiger partial charge in [-0.2, -0.15) is 0 Å². The zero-order valence-electron chi connectivity index (χ0n) is 14.8. The van der Waals surface area contributed by atoms with E-state index in [4.69, 9.17) is 9.47 Å². The Morgan fingerprint density at radius 1 is 0.667 bits per heavy atom. The fraction of sp³-hybridized carbons (Fsp3) is 0.130. The first-order valence-corrected chi connectivity index (χ1v) is 8.77. The Morgan fingerprint density at radius 2 is 1.15 bits per heavy atom. The molecule has 0 spiro atoms. The summed E-state index contributed by atoms with van der Waals surface area (Å²) in [5.41, 5.74) is 1.84. The predicted octanol–water partition coefficient (Wildman–Crippen LogP) is 4.83. The van der Waals surface area contributed by atoms with E-state index >= 15 is 0 Å². The molecule has 136 valence electrons. The molecule has 0 aliphatic heterocycles. The van der Waals surface area contributed by atoms with Crippen LogP contribution < -0.4 is 0 Å². The smallest absolute Gasteiger partial charge is 0.338 e. The topological polar surface area (TPSA) is 52.6 Å². The number of benzene rings is 3. The highest BCUT2D eigenvalue weighted by molar-refractivity contribution is 5.90. The maximum absolute atomic E-state index is 12.4. The van der Waals surface area contributed by atoms with Crippen LogP contribution in [-0.2, 0) is 9.47 Å². The summed E-state index contributed by atoms with van der Waals surface area (Å²) in [4.78, 5) is 24.5. The van der Waals surface area contributed by atoms with Crippen molar-refractivity contribution in [3.8, 4) is 0 Å². The maximum atomic E-state index is 12.4. The largest absolute Gasteiger partial charge is 0.462 e. The first-order chi connectivity index (χ1) is 13.2. The zero-order chi connectivity index (χ0) is 18.9. The molecule has 27 heavy (non-hydrogen) atoms. The second kappa shape index (κ2) is 9.34. The van der Waals surface area contributed by atoms with Crippen LogP contribution in [0.3, 0.4) is 0 Å². The fourth-order valence-corrected chi connectivity index (χ4v) is 2.65. The lowest BCUT2D eigenvalue weighted by Crippen LogP contribution is -2.15. The first-order valence-electron chi connectivity index (χ1n) is 8.77. The number of carbonyl (C=O) groups excluding carboxylic acids is 2. The molecule has 0 saturated carbocycles. The number of carbonyl (C=O) groups is 2. The van der Waals surface area contributed by atoms with Crippen LogP contribution in [0, 0.1) is 0 Å². The molecule has 0 heterocycles. The van der Waals surface area contributed by atoms with Gasteiger partial charge in [0.2, 0.25) is 0 Å². The van der Waals surface area contributed by atoms with Crippen molar-refractivity contribution in [1.29, 1.82) is 0 Å². The lowest BCUT2D eigenvalue weighted by molar-refractivity contribution is 0.0179. The van der Waals surface area contributed by atoms with Crippen molar-refractivity contribution in [1.82, 2.24) is 0 Å². The SMILES string of the molecule is O=C(OCC[C@@H](OC(=O)c1ccccc1)c1ccccc1)c1ccccc1. The fourth-order valence-electron chi connectivity index (χ4n) is 2.65. The van der Waals surface area contributed by atoms with Gasteiger partial charge in [0.05, 0.1) is 17.7 Å². The number of esters is 2. The van der Waals surface area contributed by atoms with E-state index in [1.165, 1.54) is 0 Å². The van der Waals surface area contributed by atoms with Crippen LogP contribution in [0.2, 0.25) is 0 Å². The van der Waals surface area contributed by atoms with Crippen molar-refractivity contribution in [2.75, 3.05) is 6.61 Å². The molecule has 4 heteroatoms. The van der Waals surface area contributed by atoms with E-state index in [-0.39, 0.29) is 6.61 Å². The van der Waals surface area contributed by atoms with Gasteiger partial charge in [0.1, 0.15) is 6.10 Å². The maximum Gasteiger partial charge on any atom is 0.338 e. The normalized spacial score (nSPS) is 11.4. The van der Waals surface area contributed by atoms with Gasteiger partial charge in [-0.1, -0.05) is 66.7 Å². The van der Waals surface area contributed by atoms with Crippen molar-refractivity contribution in [2.24, 2.45) is 0 Å². The minimum atomic E-state index is -0.498. The van der Waals surface area contributed by atoms with Crippen LogP contribution in [0.5, 0.6) is 0 Å². The molecule has 0 aromatic heterocycles. The third-order valence-corrected chi connectivity index (χ3v) is 4.05. The molecule has 0 N–H and O–H groups in total. The van der Waals surface area contributed by atoms with Gasteiger partial charge in [-0.15, -0.1) is 0 Å². The number of hydrogen-bond acceptors (Lipinski definition) is 4. The van der Waals surface area contributed by atoms with E-state index in [1.807, 2.05) is 42.5 Å². The average Bonchev–Trinajstić information content (AvgIpc) is 2.74. The molecule has 3 aromatic carbocycles. The standard InChI is InChI=1S/C23H20O4/c24-22(19-12-6-2-7-13-19)26-17-16-21(18-10-4-1-5-11-18)27-23(25)20-14-8-3-9-15-20/h1-15,21H,16-17H2/t21-/m1/s1. The van der Waals surface area contributed by atoms with Gasteiger partial charge in [-0.05, 0) is 29.8 Å². The van der Waals surface area contributed by atoms with Crippen LogP contribution >= 0.6 is 0 Å². The summed E-state index contributed by atoms with van der Waals surface area (Å²) in [5.74, 6) is -0.796. The second-order valence-corrected chi connectivity index (χ2v) is 5.96. The van der Waals surface area contributed by atoms with Gasteiger partial charge in [0, 0.05) is 6.42 Å². The highest BCUT2D eigenvalue weighted by Crippen LogP contribution is 2.23. The van der Waals surface area contributed by atoms with E-state index in [2.05, 4.69) is 0 Å². The monoisotopic (exact) mass is 360 g/mol. The molecule has 0 fully saturated rings. The third kappa shape index (κ3) is 5.28. The quantitative estimate of drug-likeness (QED) is 0.566. The molecular formula is C23H20O4. The van der Waals surface area contributed by atoms with Gasteiger partial charge in [0.25, 0.3) is 0 Å². The number of ether oxygens (including phenoxy) is 2. The highest BCUT2D eigenvalue weighted by atomic mass is 16.6. The van der Waals surface area contributed by atoms with Gasteiger partial charge in [-0.25, -0.2) is 9.59 Å². The van der Waals surface area contributed by atoms with Crippen LogP contribution in [0.25, 0.3) is 0 Å².